The number of alkyl halides is 2. The number of halogens is 3. The number of nitrogens with one attached hydrogen (secondary N) is 2. The monoisotopic (exact) mass is 401 g/mol. The molecule has 0 aliphatic carbocycles. The van der Waals surface area contributed by atoms with E-state index in [0.29, 0.717) is 0 Å². The fraction of sp³-hybridized carbons (Fsp3) is 0.312. The minimum Gasteiger partial charge on any atom is -0.508 e. The van der Waals surface area contributed by atoms with Crippen LogP contribution in [0.1, 0.15) is 27.3 Å². The summed E-state index contributed by atoms with van der Waals surface area (Å²) in [6.07, 6.45) is -0.709. The van der Waals surface area contributed by atoms with Gasteiger partial charge in [0.25, 0.3) is 17.7 Å². The average Bonchev–Trinajstić information content (AvgIpc) is 3.17. The van der Waals surface area contributed by atoms with E-state index in [2.05, 4.69) is 10.3 Å². The highest BCUT2D eigenvalue weighted by atomic mass is 32.1. The second-order valence-corrected chi connectivity index (χ2v) is 6.93. The molecule has 1 aromatic carbocycles. The largest absolute Gasteiger partial charge is 0.508 e. The van der Waals surface area contributed by atoms with E-state index in [4.69, 9.17) is 0 Å². The Bertz CT molecular complexity index is 943. The van der Waals surface area contributed by atoms with Crippen molar-refractivity contribution in [2.24, 2.45) is 0 Å². The van der Waals surface area contributed by atoms with Gasteiger partial charge in [0.15, 0.2) is 0 Å². The Labute approximate surface area is 154 Å². The zero-order chi connectivity index (χ0) is 19.8. The van der Waals surface area contributed by atoms with E-state index in [9.17, 15) is 32.7 Å². The van der Waals surface area contributed by atoms with Crippen LogP contribution in [0.5, 0.6) is 5.75 Å². The summed E-state index contributed by atoms with van der Waals surface area (Å²) in [4.78, 5) is 38.2. The molecule has 2 heterocycles. The normalized spacial score (nSPS) is 18.5. The third-order valence-electron chi connectivity index (χ3n) is 4.08. The Morgan fingerprint density at radius 2 is 2.15 bits per heavy atom. The first-order valence-electron chi connectivity index (χ1n) is 7.79. The number of aromatic hydroxyl groups is 1. The van der Waals surface area contributed by atoms with Crippen molar-refractivity contribution in [1.82, 2.24) is 15.2 Å². The van der Waals surface area contributed by atoms with E-state index in [1.54, 1.807) is 0 Å². The lowest BCUT2D eigenvalue weighted by molar-refractivity contribution is 0.0117. The molecule has 3 N–H and O–H groups in total. The van der Waals surface area contributed by atoms with Crippen LogP contribution in [-0.2, 0) is 0 Å². The van der Waals surface area contributed by atoms with Crippen LogP contribution in [-0.4, -0.2) is 51.9 Å². The molecule has 3 rings (SSSR count). The fourth-order valence-corrected chi connectivity index (χ4v) is 3.41. The first-order valence-corrected chi connectivity index (χ1v) is 8.67. The Hall–Kier alpha value is -2.82. The van der Waals surface area contributed by atoms with Crippen LogP contribution in [0.2, 0.25) is 0 Å². The molecule has 7 nitrogen and oxygen atoms in total. The van der Waals surface area contributed by atoms with Gasteiger partial charge in [-0.3, -0.25) is 14.4 Å². The van der Waals surface area contributed by atoms with Gasteiger partial charge in [0.1, 0.15) is 17.3 Å². The summed E-state index contributed by atoms with van der Waals surface area (Å²) < 4.78 is 41.6. The molecule has 1 aliphatic rings. The molecule has 0 radical (unpaired) electrons. The highest BCUT2D eigenvalue weighted by Gasteiger charge is 2.47. The van der Waals surface area contributed by atoms with E-state index < -0.39 is 53.0 Å². The highest BCUT2D eigenvalue weighted by molar-refractivity contribution is 7.07. The Morgan fingerprint density at radius 3 is 2.81 bits per heavy atom. The molecule has 1 saturated heterocycles. The van der Waals surface area contributed by atoms with Crippen LogP contribution in [0.4, 0.5) is 13.2 Å². The van der Waals surface area contributed by atoms with Crippen molar-refractivity contribution >= 4 is 23.2 Å². The van der Waals surface area contributed by atoms with Gasteiger partial charge in [0.05, 0.1) is 18.2 Å². The highest BCUT2D eigenvalue weighted by Crippen LogP contribution is 2.33. The topological polar surface area (TPSA) is 102 Å². The van der Waals surface area contributed by atoms with E-state index in [1.807, 2.05) is 0 Å². The molecule has 1 aromatic heterocycles. The summed E-state index contributed by atoms with van der Waals surface area (Å²) in [5.74, 6) is -6.22. The maximum absolute atomic E-state index is 13.9. The van der Waals surface area contributed by atoms with Crippen molar-refractivity contribution in [3.63, 3.8) is 0 Å². The van der Waals surface area contributed by atoms with Crippen molar-refractivity contribution < 1.29 is 27.9 Å². The Kier molecular flexibility index (Phi) is 4.96. The second kappa shape index (κ2) is 7.06. The predicted molar refractivity (Wildman–Crippen MR) is 89.7 cm³/mol. The molecule has 1 atom stereocenters. The third kappa shape index (κ3) is 4.13. The molecule has 2 aromatic rings. The molecule has 1 aliphatic heterocycles. The maximum atomic E-state index is 13.9. The molecule has 0 spiro atoms. The first kappa shape index (κ1) is 19.0. The SMILES string of the molecule is O=C(NCC1CC(F)(F)CN1C(=O)c1cc(O)ccc1F)c1csc(=O)[nH]1. The molecule has 144 valence electrons. The number of hydrogen-bond donors (Lipinski definition) is 3. The summed E-state index contributed by atoms with van der Waals surface area (Å²) >= 11 is 0.774. The minimum atomic E-state index is -3.20. The lowest BCUT2D eigenvalue weighted by Gasteiger charge is -2.24. The quantitative estimate of drug-likeness (QED) is 0.724. The van der Waals surface area contributed by atoms with E-state index in [0.717, 1.165) is 34.4 Å². The van der Waals surface area contributed by atoms with E-state index >= 15 is 0 Å². The lowest BCUT2D eigenvalue weighted by Crippen LogP contribution is -2.43. The van der Waals surface area contributed by atoms with Crippen LogP contribution in [0.25, 0.3) is 0 Å². The van der Waals surface area contributed by atoms with Gasteiger partial charge in [-0.1, -0.05) is 11.3 Å². The lowest BCUT2D eigenvalue weighted by atomic mass is 10.1. The number of hydrogen-bond acceptors (Lipinski definition) is 5. The van der Waals surface area contributed by atoms with Crippen molar-refractivity contribution in [2.75, 3.05) is 13.1 Å². The molecule has 2 amide bonds. The first-order chi connectivity index (χ1) is 12.7. The zero-order valence-corrected chi connectivity index (χ0v) is 14.5. The number of benzene rings is 1. The Morgan fingerprint density at radius 1 is 1.41 bits per heavy atom. The van der Waals surface area contributed by atoms with Crippen molar-refractivity contribution in [1.29, 1.82) is 0 Å². The number of likely N-dealkylation sites (tertiary alicyclic amines) is 1. The minimum absolute atomic E-state index is 0.0216. The zero-order valence-electron chi connectivity index (χ0n) is 13.7. The predicted octanol–water partition coefficient (Wildman–Crippen LogP) is 1.56. The number of aromatic nitrogens is 1. The molecule has 11 heteroatoms. The molecular weight excluding hydrogens is 387 g/mol. The number of phenolic OH excluding ortho intramolecular Hbond substituents is 1. The van der Waals surface area contributed by atoms with Gasteiger partial charge < -0.3 is 20.3 Å². The van der Waals surface area contributed by atoms with Gasteiger partial charge in [-0.15, -0.1) is 0 Å². The summed E-state index contributed by atoms with van der Waals surface area (Å²) in [5, 5.41) is 13.1. The van der Waals surface area contributed by atoms with Crippen LogP contribution >= 0.6 is 11.3 Å². The molecular formula is C16H14F3N3O4S. The number of amides is 2. The summed E-state index contributed by atoms with van der Waals surface area (Å²) in [6.45, 7) is -1.24. The standard InChI is InChI=1S/C16H14F3N3O4S/c17-11-2-1-9(23)3-10(11)14(25)22-7-16(18,19)4-8(22)5-20-13(24)12-6-27-15(26)21-12/h1-3,6,8,23H,4-5,7H2,(H,20,24)(H,21,26). The van der Waals surface area contributed by atoms with Crippen molar-refractivity contribution in [3.8, 4) is 5.75 Å². The molecule has 1 fully saturated rings. The van der Waals surface area contributed by atoms with Gasteiger partial charge in [0.2, 0.25) is 0 Å². The second-order valence-electron chi connectivity index (χ2n) is 6.08. The van der Waals surface area contributed by atoms with Crippen molar-refractivity contribution in [3.05, 3.63) is 50.3 Å². The van der Waals surface area contributed by atoms with Crippen LogP contribution in [0.3, 0.4) is 0 Å². The fourth-order valence-electron chi connectivity index (χ4n) is 2.85. The van der Waals surface area contributed by atoms with E-state index in [1.165, 1.54) is 5.38 Å². The maximum Gasteiger partial charge on any atom is 0.305 e. The molecule has 1 unspecified atom stereocenters. The van der Waals surface area contributed by atoms with Crippen molar-refractivity contribution in [2.45, 2.75) is 18.4 Å². The summed E-state index contributed by atoms with van der Waals surface area (Å²) in [6, 6.07) is 1.67. The number of carbonyl (C=O) groups is 2. The van der Waals surface area contributed by atoms with Crippen LogP contribution in [0, 0.1) is 5.82 Å². The van der Waals surface area contributed by atoms with Gasteiger partial charge >= 0.3 is 4.87 Å². The summed E-state index contributed by atoms with van der Waals surface area (Å²) in [5.41, 5.74) is -0.558. The molecule has 27 heavy (non-hydrogen) atoms. The van der Waals surface area contributed by atoms with E-state index in [-0.39, 0.29) is 18.0 Å². The van der Waals surface area contributed by atoms with Gasteiger partial charge in [-0.2, -0.15) is 0 Å². The summed E-state index contributed by atoms with van der Waals surface area (Å²) in [7, 11) is 0. The number of rotatable bonds is 4. The number of nitrogens with zero attached hydrogens (tertiary/aromatic N) is 1. The third-order valence-corrected chi connectivity index (χ3v) is 4.75. The smallest absolute Gasteiger partial charge is 0.305 e. The molecule has 0 bridgehead atoms. The number of phenols is 1. The van der Waals surface area contributed by atoms with Gasteiger partial charge in [0, 0.05) is 18.3 Å². The Balaban J connectivity index is 1.76. The van der Waals surface area contributed by atoms with Gasteiger partial charge in [-0.25, -0.2) is 13.2 Å². The number of aromatic amines is 1. The number of H-pyrrole nitrogens is 1. The number of carbonyl (C=O) groups excluding carboxylic acids is 2. The van der Waals surface area contributed by atoms with Gasteiger partial charge in [-0.05, 0) is 18.2 Å². The average molecular weight is 401 g/mol. The molecule has 0 saturated carbocycles. The van der Waals surface area contributed by atoms with Crippen LogP contribution < -0.4 is 10.2 Å². The van der Waals surface area contributed by atoms with Crippen LogP contribution in [0.15, 0.2) is 28.4 Å². The number of thiazole rings is 1.